The molecule has 0 aliphatic carbocycles. The first kappa shape index (κ1) is 11.6. The van der Waals surface area contributed by atoms with Gasteiger partial charge < -0.3 is 20.7 Å². The van der Waals surface area contributed by atoms with Gasteiger partial charge in [-0.1, -0.05) is 0 Å². The van der Waals surface area contributed by atoms with Crippen LogP contribution in [0.3, 0.4) is 0 Å². The zero-order valence-electron chi connectivity index (χ0n) is 9.47. The minimum Gasteiger partial charge on any atom is -0.358 e. The van der Waals surface area contributed by atoms with Crippen molar-refractivity contribution in [2.45, 2.75) is 0 Å². The fourth-order valence-corrected chi connectivity index (χ4v) is 1.73. The van der Waals surface area contributed by atoms with Crippen molar-refractivity contribution in [1.29, 1.82) is 0 Å². The Morgan fingerprint density at radius 3 is 2.82 bits per heavy atom. The molecule has 2 N–H and O–H groups in total. The zero-order valence-corrected chi connectivity index (χ0v) is 9.47. The molecule has 1 aliphatic rings. The first-order chi connectivity index (χ1) is 8.09. The predicted octanol–water partition coefficient (Wildman–Crippen LogP) is -0.117. The van der Waals surface area contributed by atoms with Crippen LogP contribution in [0.15, 0.2) is 12.1 Å². The summed E-state index contributed by atoms with van der Waals surface area (Å²) in [5.41, 5.74) is 0.309. The fourth-order valence-electron chi connectivity index (χ4n) is 1.73. The Bertz CT molecular complexity index is 450. The van der Waals surface area contributed by atoms with E-state index in [0.29, 0.717) is 18.2 Å². The quantitative estimate of drug-likeness (QED) is 0.565. The van der Waals surface area contributed by atoms with E-state index in [0.717, 1.165) is 13.1 Å². The molecule has 2 rings (SSSR count). The summed E-state index contributed by atoms with van der Waals surface area (Å²) in [7, 11) is 1.51. The number of carbonyl (C=O) groups excluding carboxylic acids is 1. The third-order valence-electron chi connectivity index (χ3n) is 2.93. The molecular formula is C10H14N4O3. The molecule has 1 aliphatic heterocycles. The van der Waals surface area contributed by atoms with Crippen molar-refractivity contribution < 1.29 is 9.72 Å². The van der Waals surface area contributed by atoms with Gasteiger partial charge in [0.25, 0.3) is 5.91 Å². The van der Waals surface area contributed by atoms with Crippen molar-refractivity contribution in [3.63, 3.8) is 0 Å². The number of aromatic nitrogens is 1. The number of nitrogens with zero attached hydrogens (tertiary/aromatic N) is 2. The lowest BCUT2D eigenvalue weighted by Crippen LogP contribution is -2.48. The summed E-state index contributed by atoms with van der Waals surface area (Å²) in [6.07, 6.45) is 0. The molecule has 0 unspecified atom stereocenters. The third kappa shape index (κ3) is 2.28. The number of nitro groups is 1. The van der Waals surface area contributed by atoms with E-state index in [4.69, 9.17) is 0 Å². The van der Waals surface area contributed by atoms with Crippen molar-refractivity contribution in [3.05, 3.63) is 27.9 Å². The molecule has 17 heavy (non-hydrogen) atoms. The number of hydrogen-bond acceptors (Lipinski definition) is 4. The first-order valence-corrected chi connectivity index (χ1v) is 5.38. The number of hydrogen-bond donors (Lipinski definition) is 2. The highest BCUT2D eigenvalue weighted by atomic mass is 16.6. The van der Waals surface area contributed by atoms with Crippen molar-refractivity contribution in [1.82, 2.24) is 15.2 Å². The SMILES string of the molecule is Cn1c(C(=O)NCC2CNC2)ccc1[N+](=O)[O-]. The van der Waals surface area contributed by atoms with Crippen molar-refractivity contribution >= 4 is 11.7 Å². The Kier molecular flexibility index (Phi) is 3.10. The molecule has 0 saturated carbocycles. The van der Waals surface area contributed by atoms with E-state index < -0.39 is 4.92 Å². The van der Waals surface area contributed by atoms with Gasteiger partial charge in [0.1, 0.15) is 0 Å². The van der Waals surface area contributed by atoms with E-state index in [9.17, 15) is 14.9 Å². The molecule has 1 aromatic heterocycles. The maximum atomic E-state index is 11.8. The van der Waals surface area contributed by atoms with Crippen molar-refractivity contribution in [2.75, 3.05) is 19.6 Å². The van der Waals surface area contributed by atoms with Crippen molar-refractivity contribution in [2.24, 2.45) is 13.0 Å². The number of rotatable bonds is 4. The number of nitrogens with one attached hydrogen (secondary N) is 2. The van der Waals surface area contributed by atoms with Gasteiger partial charge in [-0.25, -0.2) is 4.57 Å². The molecule has 7 heteroatoms. The second-order valence-corrected chi connectivity index (χ2v) is 4.13. The van der Waals surface area contributed by atoms with Gasteiger partial charge in [0, 0.05) is 31.6 Å². The van der Waals surface area contributed by atoms with Gasteiger partial charge in [-0.15, -0.1) is 0 Å². The summed E-state index contributed by atoms with van der Waals surface area (Å²) in [6.45, 7) is 2.42. The molecule has 2 heterocycles. The van der Waals surface area contributed by atoms with Crippen LogP contribution < -0.4 is 10.6 Å². The van der Waals surface area contributed by atoms with Crippen LogP contribution >= 0.6 is 0 Å². The summed E-state index contributed by atoms with van der Waals surface area (Å²) in [4.78, 5) is 21.9. The molecule has 92 valence electrons. The highest BCUT2D eigenvalue weighted by Crippen LogP contribution is 2.14. The van der Waals surface area contributed by atoms with Gasteiger partial charge in [-0.05, 0) is 11.0 Å². The molecule has 0 bridgehead atoms. The normalized spacial score (nSPS) is 15.4. The van der Waals surface area contributed by atoms with Crippen LogP contribution in [0.2, 0.25) is 0 Å². The standard InChI is InChI=1S/C10H14N4O3/c1-13-8(2-3-9(13)14(16)17)10(15)12-6-7-4-11-5-7/h2-3,7,11H,4-6H2,1H3,(H,12,15). The van der Waals surface area contributed by atoms with Gasteiger partial charge >= 0.3 is 5.82 Å². The minimum absolute atomic E-state index is 0.0829. The third-order valence-corrected chi connectivity index (χ3v) is 2.93. The molecule has 0 spiro atoms. The van der Waals surface area contributed by atoms with E-state index >= 15 is 0 Å². The van der Waals surface area contributed by atoms with E-state index in [2.05, 4.69) is 10.6 Å². The number of carbonyl (C=O) groups is 1. The first-order valence-electron chi connectivity index (χ1n) is 5.38. The second kappa shape index (κ2) is 4.54. The fraction of sp³-hybridized carbons (Fsp3) is 0.500. The van der Waals surface area contributed by atoms with E-state index in [1.165, 1.54) is 23.7 Å². The molecule has 7 nitrogen and oxygen atoms in total. The monoisotopic (exact) mass is 238 g/mol. The molecule has 0 aromatic carbocycles. The van der Waals surface area contributed by atoms with Crippen LogP contribution in [0, 0.1) is 16.0 Å². The molecule has 1 aromatic rings. The Morgan fingerprint density at radius 1 is 1.65 bits per heavy atom. The van der Waals surface area contributed by atoms with E-state index in [-0.39, 0.29) is 11.7 Å². The van der Waals surface area contributed by atoms with Crippen LogP contribution in [-0.2, 0) is 7.05 Å². The van der Waals surface area contributed by atoms with Crippen molar-refractivity contribution in [3.8, 4) is 0 Å². The average Bonchev–Trinajstić information content (AvgIpc) is 2.57. The second-order valence-electron chi connectivity index (χ2n) is 4.13. The van der Waals surface area contributed by atoms with Crippen LogP contribution in [0.1, 0.15) is 10.5 Å². The van der Waals surface area contributed by atoms with Gasteiger partial charge in [0.15, 0.2) is 5.69 Å². The zero-order chi connectivity index (χ0) is 12.4. The summed E-state index contributed by atoms with van der Waals surface area (Å²) in [5.74, 6) is 0.113. The lowest BCUT2D eigenvalue weighted by molar-refractivity contribution is -0.391. The van der Waals surface area contributed by atoms with Gasteiger partial charge in [0.2, 0.25) is 0 Å². The minimum atomic E-state index is -0.507. The number of amides is 1. The van der Waals surface area contributed by atoms with E-state index in [1.54, 1.807) is 0 Å². The Labute approximate surface area is 97.9 Å². The summed E-state index contributed by atoms with van der Waals surface area (Å²) >= 11 is 0. The summed E-state index contributed by atoms with van der Waals surface area (Å²) in [5, 5.41) is 16.5. The lowest BCUT2D eigenvalue weighted by atomic mass is 10.0. The predicted molar refractivity (Wildman–Crippen MR) is 60.8 cm³/mol. The van der Waals surface area contributed by atoms with Crippen LogP contribution in [0.4, 0.5) is 5.82 Å². The highest BCUT2D eigenvalue weighted by molar-refractivity contribution is 5.93. The molecule has 0 atom stereocenters. The van der Waals surface area contributed by atoms with Crippen LogP contribution in [0.25, 0.3) is 0 Å². The smallest absolute Gasteiger partial charge is 0.323 e. The lowest BCUT2D eigenvalue weighted by Gasteiger charge is -2.26. The maximum absolute atomic E-state index is 11.8. The molecule has 1 saturated heterocycles. The van der Waals surface area contributed by atoms with Gasteiger partial charge in [-0.2, -0.15) is 0 Å². The Balaban J connectivity index is 2.00. The molecule has 0 radical (unpaired) electrons. The summed E-state index contributed by atoms with van der Waals surface area (Å²) < 4.78 is 1.29. The topological polar surface area (TPSA) is 89.2 Å². The Morgan fingerprint density at radius 2 is 2.35 bits per heavy atom. The largest absolute Gasteiger partial charge is 0.358 e. The van der Waals surface area contributed by atoms with Crippen LogP contribution in [-0.4, -0.2) is 35.0 Å². The Hall–Kier alpha value is -1.89. The summed E-state index contributed by atoms with van der Waals surface area (Å²) in [6, 6.07) is 2.80. The molecule has 1 amide bonds. The van der Waals surface area contributed by atoms with Crippen LogP contribution in [0.5, 0.6) is 0 Å². The highest BCUT2D eigenvalue weighted by Gasteiger charge is 2.22. The van der Waals surface area contributed by atoms with E-state index in [1.807, 2.05) is 0 Å². The van der Waals surface area contributed by atoms with Gasteiger partial charge in [-0.3, -0.25) is 4.79 Å². The molecule has 1 fully saturated rings. The van der Waals surface area contributed by atoms with Gasteiger partial charge in [0.05, 0.1) is 7.05 Å². The molecular weight excluding hydrogens is 224 g/mol. The average molecular weight is 238 g/mol. The maximum Gasteiger partial charge on any atom is 0.323 e.